The quantitative estimate of drug-likeness (QED) is 0.860. The molecule has 1 N–H and O–H groups in total. The summed E-state index contributed by atoms with van der Waals surface area (Å²) in [4.78, 5) is 0. The fourth-order valence-corrected chi connectivity index (χ4v) is 2.13. The molecule has 2 nitrogen and oxygen atoms in total. The monoisotopic (exact) mass is 290 g/mol. The van der Waals surface area contributed by atoms with Crippen LogP contribution >= 0.6 is 23.2 Å². The Balaban J connectivity index is 2.17. The lowest BCUT2D eigenvalue weighted by Crippen LogP contribution is -2.06. The van der Waals surface area contributed by atoms with E-state index in [-0.39, 0.29) is 6.04 Å². The van der Waals surface area contributed by atoms with E-state index in [4.69, 9.17) is 28.5 Å². The molecule has 0 heterocycles. The van der Waals surface area contributed by atoms with Gasteiger partial charge in [0.25, 0.3) is 0 Å². The maximum Gasteiger partial charge on any atom is 0.0992 e. The summed E-state index contributed by atoms with van der Waals surface area (Å²) in [6, 6.07) is 15.0. The summed E-state index contributed by atoms with van der Waals surface area (Å²) in [6.45, 7) is 2.04. The van der Waals surface area contributed by atoms with Crippen LogP contribution in [0.2, 0.25) is 10.0 Å². The van der Waals surface area contributed by atoms with Crippen molar-refractivity contribution in [2.45, 2.75) is 13.0 Å². The molecule has 0 saturated heterocycles. The molecule has 2 rings (SSSR count). The first-order valence-electron chi connectivity index (χ1n) is 5.82. The summed E-state index contributed by atoms with van der Waals surface area (Å²) in [6.07, 6.45) is 0. The summed E-state index contributed by atoms with van der Waals surface area (Å²) in [7, 11) is 0. The van der Waals surface area contributed by atoms with E-state index in [1.165, 1.54) is 0 Å². The number of nitrogens with one attached hydrogen (secondary N) is 1. The third-order valence-electron chi connectivity index (χ3n) is 2.84. The van der Waals surface area contributed by atoms with Gasteiger partial charge in [0.1, 0.15) is 0 Å². The van der Waals surface area contributed by atoms with Crippen molar-refractivity contribution in [3.8, 4) is 6.07 Å². The lowest BCUT2D eigenvalue weighted by Gasteiger charge is -2.17. The maximum atomic E-state index is 8.80. The molecule has 1 atom stereocenters. The van der Waals surface area contributed by atoms with E-state index in [1.807, 2.05) is 37.3 Å². The molecular formula is C15H12Cl2N2. The van der Waals surface area contributed by atoms with Crippen molar-refractivity contribution in [2.75, 3.05) is 5.32 Å². The number of benzene rings is 2. The van der Waals surface area contributed by atoms with Gasteiger partial charge in [-0.15, -0.1) is 0 Å². The first-order chi connectivity index (χ1) is 9.10. The van der Waals surface area contributed by atoms with E-state index < -0.39 is 0 Å². The van der Waals surface area contributed by atoms with Gasteiger partial charge in [-0.05, 0) is 42.8 Å². The zero-order chi connectivity index (χ0) is 13.8. The minimum Gasteiger partial charge on any atom is -0.377 e. The molecule has 19 heavy (non-hydrogen) atoms. The molecule has 0 amide bonds. The van der Waals surface area contributed by atoms with Gasteiger partial charge in [0.15, 0.2) is 0 Å². The highest BCUT2D eigenvalue weighted by molar-refractivity contribution is 6.33. The smallest absolute Gasteiger partial charge is 0.0992 e. The SMILES string of the molecule is CC(Nc1ccc(C#N)cc1Cl)c1ccc(Cl)cc1. The second-order valence-electron chi connectivity index (χ2n) is 4.22. The number of rotatable bonds is 3. The molecule has 0 spiro atoms. The highest BCUT2D eigenvalue weighted by Gasteiger charge is 2.08. The van der Waals surface area contributed by atoms with Gasteiger partial charge >= 0.3 is 0 Å². The lowest BCUT2D eigenvalue weighted by atomic mass is 10.1. The minimum absolute atomic E-state index is 0.0997. The van der Waals surface area contributed by atoms with Gasteiger partial charge in [-0.1, -0.05) is 35.3 Å². The Morgan fingerprint density at radius 3 is 2.37 bits per heavy atom. The van der Waals surface area contributed by atoms with E-state index in [0.717, 1.165) is 11.3 Å². The molecule has 0 aliphatic heterocycles. The molecule has 0 radical (unpaired) electrons. The Morgan fingerprint density at radius 1 is 1.11 bits per heavy atom. The third-order valence-corrected chi connectivity index (χ3v) is 3.40. The first-order valence-corrected chi connectivity index (χ1v) is 6.57. The lowest BCUT2D eigenvalue weighted by molar-refractivity contribution is 0.885. The summed E-state index contributed by atoms with van der Waals surface area (Å²) in [5.74, 6) is 0. The molecule has 0 bridgehead atoms. The number of hydrogen-bond acceptors (Lipinski definition) is 2. The predicted molar refractivity (Wildman–Crippen MR) is 79.7 cm³/mol. The van der Waals surface area contributed by atoms with Gasteiger partial charge < -0.3 is 5.32 Å². The number of anilines is 1. The highest BCUT2D eigenvalue weighted by Crippen LogP contribution is 2.27. The van der Waals surface area contributed by atoms with Crippen molar-refractivity contribution < 1.29 is 0 Å². The van der Waals surface area contributed by atoms with Crippen LogP contribution < -0.4 is 5.32 Å². The largest absolute Gasteiger partial charge is 0.377 e. The van der Waals surface area contributed by atoms with Crippen LogP contribution in [0.5, 0.6) is 0 Å². The summed E-state index contributed by atoms with van der Waals surface area (Å²) in [5.41, 5.74) is 2.47. The summed E-state index contributed by atoms with van der Waals surface area (Å²) in [5, 5.41) is 13.4. The molecule has 4 heteroatoms. The van der Waals surface area contributed by atoms with Crippen LogP contribution in [-0.2, 0) is 0 Å². The number of hydrogen-bond donors (Lipinski definition) is 1. The molecule has 2 aromatic carbocycles. The average molecular weight is 291 g/mol. The third kappa shape index (κ3) is 3.41. The van der Waals surface area contributed by atoms with Gasteiger partial charge in [-0.3, -0.25) is 0 Å². The molecule has 0 fully saturated rings. The summed E-state index contributed by atoms with van der Waals surface area (Å²) >= 11 is 12.0. The van der Waals surface area contributed by atoms with Crippen molar-refractivity contribution in [3.05, 3.63) is 63.6 Å². The maximum absolute atomic E-state index is 8.80. The summed E-state index contributed by atoms with van der Waals surface area (Å²) < 4.78 is 0. The van der Waals surface area contributed by atoms with Crippen LogP contribution in [-0.4, -0.2) is 0 Å². The van der Waals surface area contributed by atoms with Crippen molar-refractivity contribution in [3.63, 3.8) is 0 Å². The number of nitriles is 1. The van der Waals surface area contributed by atoms with Crippen molar-refractivity contribution in [1.82, 2.24) is 0 Å². The van der Waals surface area contributed by atoms with Crippen LogP contribution in [0.4, 0.5) is 5.69 Å². The number of nitrogens with zero attached hydrogens (tertiary/aromatic N) is 1. The van der Waals surface area contributed by atoms with E-state index >= 15 is 0 Å². The molecule has 96 valence electrons. The standard InChI is InChI=1S/C15H12Cl2N2/c1-10(12-3-5-13(16)6-4-12)19-15-7-2-11(9-18)8-14(15)17/h2-8,10,19H,1H3. The second-order valence-corrected chi connectivity index (χ2v) is 5.07. The van der Waals surface area contributed by atoms with Crippen LogP contribution in [0.25, 0.3) is 0 Å². The van der Waals surface area contributed by atoms with Gasteiger partial charge in [-0.2, -0.15) is 5.26 Å². The fraction of sp³-hybridized carbons (Fsp3) is 0.133. The molecular weight excluding hydrogens is 279 g/mol. The normalized spacial score (nSPS) is 11.7. The van der Waals surface area contributed by atoms with Gasteiger partial charge in [0.2, 0.25) is 0 Å². The zero-order valence-corrected chi connectivity index (χ0v) is 11.8. The van der Waals surface area contributed by atoms with Crippen molar-refractivity contribution in [2.24, 2.45) is 0 Å². The van der Waals surface area contributed by atoms with Crippen LogP contribution in [0.1, 0.15) is 24.1 Å². The Labute approximate surface area is 122 Å². The Morgan fingerprint density at radius 2 is 1.79 bits per heavy atom. The molecule has 0 aliphatic carbocycles. The number of halogens is 2. The molecule has 0 saturated carbocycles. The van der Waals surface area contributed by atoms with Gasteiger partial charge in [0.05, 0.1) is 22.3 Å². The van der Waals surface area contributed by atoms with Crippen LogP contribution in [0.3, 0.4) is 0 Å². The molecule has 0 aliphatic rings. The molecule has 0 aromatic heterocycles. The van der Waals surface area contributed by atoms with Crippen LogP contribution in [0, 0.1) is 11.3 Å². The Bertz CT molecular complexity index is 615. The zero-order valence-electron chi connectivity index (χ0n) is 10.3. The second kappa shape index (κ2) is 5.97. The van der Waals surface area contributed by atoms with E-state index in [9.17, 15) is 0 Å². The topological polar surface area (TPSA) is 35.8 Å². The highest BCUT2D eigenvalue weighted by atomic mass is 35.5. The van der Waals surface area contributed by atoms with Crippen LogP contribution in [0.15, 0.2) is 42.5 Å². The first kappa shape index (κ1) is 13.7. The predicted octanol–water partition coefficient (Wildman–Crippen LogP) is 5.04. The molecule has 2 aromatic rings. The van der Waals surface area contributed by atoms with Gasteiger partial charge in [0, 0.05) is 11.1 Å². The fourth-order valence-electron chi connectivity index (χ4n) is 1.77. The Kier molecular flexibility index (Phi) is 4.31. The van der Waals surface area contributed by atoms with Gasteiger partial charge in [-0.25, -0.2) is 0 Å². The van der Waals surface area contributed by atoms with E-state index in [2.05, 4.69) is 11.4 Å². The average Bonchev–Trinajstić information content (AvgIpc) is 2.41. The van der Waals surface area contributed by atoms with Crippen molar-refractivity contribution >= 4 is 28.9 Å². The minimum atomic E-state index is 0.0997. The van der Waals surface area contributed by atoms with E-state index in [0.29, 0.717) is 15.6 Å². The molecule has 1 unspecified atom stereocenters. The Hall–Kier alpha value is -1.69. The van der Waals surface area contributed by atoms with Crippen molar-refractivity contribution in [1.29, 1.82) is 5.26 Å². The van der Waals surface area contributed by atoms with E-state index in [1.54, 1.807) is 12.1 Å².